The van der Waals surface area contributed by atoms with E-state index in [-0.39, 0.29) is 31.1 Å². The number of primary amides is 2. The van der Waals surface area contributed by atoms with Gasteiger partial charge in [-0.15, -0.1) is 0 Å². The van der Waals surface area contributed by atoms with Gasteiger partial charge in [0.05, 0.1) is 6.54 Å². The fraction of sp³-hybridized carbons (Fsp3) is 0.561. The Balaban J connectivity index is 2.08. The first-order valence-electron chi connectivity index (χ1n) is 20.3. The van der Waals surface area contributed by atoms with E-state index in [4.69, 9.17) is 11.5 Å². The van der Waals surface area contributed by atoms with Crippen LogP contribution in [0.5, 0.6) is 0 Å². The number of carbonyl (C=O) groups excluding carboxylic acids is 9. The molecule has 0 unspecified atom stereocenters. The van der Waals surface area contributed by atoms with Crippen LogP contribution < -0.4 is 48.7 Å². The van der Waals surface area contributed by atoms with E-state index in [1.807, 2.05) is 0 Å². The Kier molecular flexibility index (Phi) is 21.1. The first kappa shape index (κ1) is 50.8. The van der Waals surface area contributed by atoms with Crippen LogP contribution in [0.3, 0.4) is 0 Å². The van der Waals surface area contributed by atoms with Gasteiger partial charge in [-0.2, -0.15) is 0 Å². The van der Waals surface area contributed by atoms with E-state index in [2.05, 4.69) is 37.2 Å². The molecule has 2 rings (SSSR count). The van der Waals surface area contributed by atoms with Gasteiger partial charge in [-0.1, -0.05) is 77.3 Å². The summed E-state index contributed by atoms with van der Waals surface area (Å²) in [5, 5.41) is 26.9. The highest BCUT2D eigenvalue weighted by Gasteiger charge is 2.37. The number of rotatable bonds is 24. The molecule has 0 spiro atoms. The van der Waals surface area contributed by atoms with E-state index in [1.54, 1.807) is 58.0 Å². The number of hydrogen-bond acceptors (Lipinski definition) is 10. The average molecular weight is 856 g/mol. The maximum absolute atomic E-state index is 13.9. The number of nitrogens with one attached hydrogen (secondary N) is 7. The molecule has 6 atom stereocenters. The lowest BCUT2D eigenvalue weighted by Crippen LogP contribution is -2.61. The first-order valence-corrected chi connectivity index (χ1v) is 20.3. The summed E-state index contributed by atoms with van der Waals surface area (Å²) in [4.78, 5) is 127. The standard InChI is InChI=1S/C41H61N9O11/c1-22(2)33(36(43)55)48-39(58)34(23(3)4)49-40(59)35(26-14-10-7-11-15-26)50-38(57)27(16-17-29(42)51)46-31(53)19-18-30(52)45-24(5)37(56)44-21-32(54)47-28(41(60)61)20-25-12-8-6-9-13-25/h6,8-9,12-13,18-19,22-24,26-28,33-35H,7,10-11,14-17,20-21H2,1-5H3,(H2,42,51)(H2,43,55)(H,44,56)(H,45,52)(H,46,53)(H,47,54)(H,48,58)(H,49,59)(H,50,57)(H,60,61)/b19-18+/t24-,27-,28-,33-,34-,35-/m0/s1. The van der Waals surface area contributed by atoms with Gasteiger partial charge in [0, 0.05) is 25.0 Å². The molecule has 0 bridgehead atoms. The van der Waals surface area contributed by atoms with Crippen LogP contribution >= 0.6 is 0 Å². The Hall–Kier alpha value is -6.34. The fourth-order valence-corrected chi connectivity index (χ4v) is 6.58. The van der Waals surface area contributed by atoms with E-state index in [0.29, 0.717) is 18.4 Å². The first-order chi connectivity index (χ1) is 28.7. The van der Waals surface area contributed by atoms with Crippen molar-refractivity contribution < 1.29 is 53.1 Å². The van der Waals surface area contributed by atoms with Gasteiger partial charge in [-0.25, -0.2) is 4.79 Å². The molecule has 20 nitrogen and oxygen atoms in total. The summed E-state index contributed by atoms with van der Waals surface area (Å²) >= 11 is 0. The number of carboxylic acids is 1. The molecule has 1 aromatic carbocycles. The van der Waals surface area contributed by atoms with Gasteiger partial charge in [0.15, 0.2) is 0 Å². The normalized spacial score (nSPS) is 15.9. The van der Waals surface area contributed by atoms with Crippen LogP contribution in [-0.4, -0.2) is 107 Å². The molecular weight excluding hydrogens is 795 g/mol. The van der Waals surface area contributed by atoms with Gasteiger partial charge in [-0.3, -0.25) is 43.2 Å². The van der Waals surface area contributed by atoms with Gasteiger partial charge in [0.1, 0.15) is 36.3 Å². The van der Waals surface area contributed by atoms with Crippen LogP contribution in [0.15, 0.2) is 42.5 Å². The van der Waals surface area contributed by atoms with Crippen LogP contribution in [0.1, 0.15) is 85.1 Å². The highest BCUT2D eigenvalue weighted by Crippen LogP contribution is 2.27. The Morgan fingerprint density at radius 3 is 1.79 bits per heavy atom. The second-order valence-corrected chi connectivity index (χ2v) is 15.7. The number of amides is 9. The summed E-state index contributed by atoms with van der Waals surface area (Å²) in [5.74, 6) is -9.45. The van der Waals surface area contributed by atoms with E-state index < -0.39 is 108 Å². The summed E-state index contributed by atoms with van der Waals surface area (Å²) < 4.78 is 0. The Morgan fingerprint density at radius 1 is 0.672 bits per heavy atom. The zero-order valence-corrected chi connectivity index (χ0v) is 35.3. The van der Waals surface area contributed by atoms with Crippen molar-refractivity contribution >= 4 is 59.1 Å². The summed E-state index contributed by atoms with van der Waals surface area (Å²) in [6, 6.07) is 1.51. The quantitative estimate of drug-likeness (QED) is 0.0537. The summed E-state index contributed by atoms with van der Waals surface area (Å²) in [5.41, 5.74) is 11.5. The minimum absolute atomic E-state index is 0.0118. The summed E-state index contributed by atoms with van der Waals surface area (Å²) in [7, 11) is 0. The number of nitrogens with two attached hydrogens (primary N) is 2. The molecule has 61 heavy (non-hydrogen) atoms. The van der Waals surface area contributed by atoms with Crippen molar-refractivity contribution in [1.82, 2.24) is 37.2 Å². The van der Waals surface area contributed by atoms with Crippen molar-refractivity contribution in [3.05, 3.63) is 48.0 Å². The molecule has 0 aliphatic heterocycles. The van der Waals surface area contributed by atoms with Crippen LogP contribution in [0.2, 0.25) is 0 Å². The number of carbonyl (C=O) groups is 10. The number of carboxylic acid groups (broad SMARTS) is 1. The van der Waals surface area contributed by atoms with E-state index in [9.17, 15) is 53.1 Å². The summed E-state index contributed by atoms with van der Waals surface area (Å²) in [6.45, 7) is 7.52. The van der Waals surface area contributed by atoms with Gasteiger partial charge >= 0.3 is 5.97 Å². The largest absolute Gasteiger partial charge is 0.480 e. The molecule has 1 fully saturated rings. The minimum atomic E-state index is -1.40. The SMILES string of the molecule is CC(C)[C@H](NC(=O)[C@@H](NC(=O)[C@@H](NC(=O)[C@H](CCC(N)=O)NC(=O)/C=C/C(=O)N[C@@H](C)C(=O)NCC(=O)N[C@@H](Cc1ccccc1)C(=O)O)C1CCCCC1)C(C)C)C(N)=O. The molecule has 0 aromatic heterocycles. The number of hydrogen-bond donors (Lipinski definition) is 10. The van der Waals surface area contributed by atoms with Crippen molar-refractivity contribution in [1.29, 1.82) is 0 Å². The molecule has 1 aliphatic carbocycles. The fourth-order valence-electron chi connectivity index (χ4n) is 6.58. The third kappa shape index (κ3) is 18.2. The lowest BCUT2D eigenvalue weighted by molar-refractivity contribution is -0.141. The van der Waals surface area contributed by atoms with E-state index in [1.165, 1.54) is 6.92 Å². The zero-order valence-electron chi connectivity index (χ0n) is 35.3. The summed E-state index contributed by atoms with van der Waals surface area (Å²) in [6.07, 6.45) is 4.61. The molecular formula is C41H61N9O11. The number of benzene rings is 1. The van der Waals surface area contributed by atoms with Gasteiger partial charge in [0.2, 0.25) is 53.2 Å². The smallest absolute Gasteiger partial charge is 0.326 e. The predicted molar refractivity (Wildman–Crippen MR) is 221 cm³/mol. The Bertz CT molecular complexity index is 1760. The molecule has 20 heteroatoms. The predicted octanol–water partition coefficient (Wildman–Crippen LogP) is -1.44. The lowest BCUT2D eigenvalue weighted by Gasteiger charge is -2.33. The Morgan fingerprint density at radius 2 is 1.25 bits per heavy atom. The van der Waals surface area contributed by atoms with Crippen LogP contribution in [-0.2, 0) is 54.4 Å². The molecule has 0 radical (unpaired) electrons. The molecule has 9 amide bonds. The second-order valence-electron chi connectivity index (χ2n) is 15.7. The molecule has 0 heterocycles. The maximum Gasteiger partial charge on any atom is 0.326 e. The van der Waals surface area contributed by atoms with Crippen molar-refractivity contribution in [2.75, 3.05) is 6.54 Å². The molecule has 1 aliphatic rings. The van der Waals surface area contributed by atoms with Crippen molar-refractivity contribution in [3.63, 3.8) is 0 Å². The zero-order chi connectivity index (χ0) is 45.8. The Labute approximate surface area is 354 Å². The van der Waals surface area contributed by atoms with E-state index in [0.717, 1.165) is 31.4 Å². The van der Waals surface area contributed by atoms with Crippen molar-refractivity contribution in [2.24, 2.45) is 29.2 Å². The number of aliphatic carboxylic acids is 1. The van der Waals surface area contributed by atoms with Crippen LogP contribution in [0.25, 0.3) is 0 Å². The van der Waals surface area contributed by atoms with Crippen molar-refractivity contribution in [2.45, 2.75) is 122 Å². The molecule has 1 saturated carbocycles. The van der Waals surface area contributed by atoms with Gasteiger partial charge in [0.25, 0.3) is 0 Å². The molecule has 1 aromatic rings. The molecule has 336 valence electrons. The van der Waals surface area contributed by atoms with Gasteiger partial charge in [-0.05, 0) is 49.5 Å². The molecule has 0 saturated heterocycles. The minimum Gasteiger partial charge on any atom is -0.480 e. The third-order valence-electron chi connectivity index (χ3n) is 10.0. The van der Waals surface area contributed by atoms with Crippen molar-refractivity contribution in [3.8, 4) is 0 Å². The maximum atomic E-state index is 13.9. The van der Waals surface area contributed by atoms with Crippen LogP contribution in [0.4, 0.5) is 0 Å². The monoisotopic (exact) mass is 855 g/mol. The molecule has 12 N–H and O–H groups in total. The highest BCUT2D eigenvalue weighted by molar-refractivity contribution is 6.01. The van der Waals surface area contributed by atoms with Gasteiger partial charge < -0.3 is 53.8 Å². The lowest BCUT2D eigenvalue weighted by atomic mass is 9.83. The highest BCUT2D eigenvalue weighted by atomic mass is 16.4. The van der Waals surface area contributed by atoms with E-state index >= 15 is 0 Å². The topological polar surface area (TPSA) is 327 Å². The second kappa shape index (κ2) is 25.3. The third-order valence-corrected chi connectivity index (χ3v) is 10.0. The van der Waals surface area contributed by atoms with Crippen LogP contribution in [0, 0.1) is 17.8 Å². The average Bonchev–Trinajstić information content (AvgIpc) is 3.20.